The zero-order valence-corrected chi connectivity index (χ0v) is 18.5. The van der Waals surface area contributed by atoms with Gasteiger partial charge in [-0.1, -0.05) is 0 Å². The third-order valence-corrected chi connectivity index (χ3v) is 4.83. The molecule has 178 valence electrons. The molecule has 14 heteroatoms. The Bertz CT molecular complexity index is 620. The highest BCUT2D eigenvalue weighted by atomic mass is 32.2. The predicted octanol–water partition coefficient (Wildman–Crippen LogP) is -2.35. The number of hydrogen-bond acceptors (Lipinski definition) is 7. The number of hydrogen-bond donors (Lipinski definition) is 10. The van der Waals surface area contributed by atoms with Crippen LogP contribution >= 0.6 is 11.8 Å². The Morgan fingerprint density at radius 2 is 1.39 bits per heavy atom. The molecule has 13 nitrogen and oxygen atoms in total. The summed E-state index contributed by atoms with van der Waals surface area (Å²) >= 11 is 1.54. The first-order chi connectivity index (χ1) is 14.6. The fraction of sp³-hybridized carbons (Fsp3) is 0.706. The lowest BCUT2D eigenvalue weighted by molar-refractivity contribution is -0.142. The number of carbonyl (C=O) groups excluding carboxylic acids is 2. The number of rotatable bonds is 16. The largest absolute Gasteiger partial charge is 0.480 e. The molecule has 0 aliphatic carbocycles. The maximum Gasteiger partial charge on any atom is 0.326 e. The van der Waals surface area contributed by atoms with Crippen LogP contribution in [0.2, 0.25) is 0 Å². The van der Waals surface area contributed by atoms with E-state index in [0.717, 1.165) is 0 Å². The number of guanidine groups is 2. The zero-order valence-electron chi connectivity index (χ0n) is 17.7. The summed E-state index contributed by atoms with van der Waals surface area (Å²) in [6.07, 6.45) is 3.40. The molecule has 0 bridgehead atoms. The van der Waals surface area contributed by atoms with Gasteiger partial charge in [-0.25, -0.2) is 4.79 Å². The standard InChI is InChI=1S/C17H35N9O4S/c1-31-9-6-10(18)13(27)25-11(4-2-7-23-16(19)20)14(28)26-12(15(29)30)5-3-8-24-17(21)22/h10-12H,2-9,18H2,1H3,(H,25,27)(H,26,28)(H,29,30)(H4,19,20,23)(H4,21,22,24)/t10-,11-,12-/m0/s1. The second-order valence-electron chi connectivity index (χ2n) is 6.81. The number of aliphatic carboxylic acids is 1. The molecule has 0 saturated carbocycles. The molecule has 0 heterocycles. The molecule has 0 aliphatic rings. The third kappa shape index (κ3) is 14.0. The van der Waals surface area contributed by atoms with Gasteiger partial charge >= 0.3 is 5.97 Å². The Labute approximate surface area is 186 Å². The monoisotopic (exact) mass is 461 g/mol. The van der Waals surface area contributed by atoms with Gasteiger partial charge in [0.15, 0.2) is 11.9 Å². The number of thioether (sulfide) groups is 1. The van der Waals surface area contributed by atoms with Gasteiger partial charge in [0, 0.05) is 13.1 Å². The molecule has 0 radical (unpaired) electrons. The second-order valence-corrected chi connectivity index (χ2v) is 7.80. The van der Waals surface area contributed by atoms with Crippen LogP contribution in [0.25, 0.3) is 0 Å². The summed E-state index contributed by atoms with van der Waals surface area (Å²) in [5, 5.41) is 33.8. The molecule has 0 fully saturated rings. The summed E-state index contributed by atoms with van der Waals surface area (Å²) in [5.74, 6) is -2.10. The molecule has 0 aliphatic heterocycles. The number of carbonyl (C=O) groups is 3. The zero-order chi connectivity index (χ0) is 23.8. The maximum atomic E-state index is 12.7. The normalized spacial score (nSPS) is 13.4. The highest BCUT2D eigenvalue weighted by Crippen LogP contribution is 2.04. The number of amides is 2. The molecule has 2 amide bonds. The molecule has 0 aromatic carbocycles. The molecule has 0 saturated heterocycles. The summed E-state index contributed by atoms with van der Waals surface area (Å²) in [6.45, 7) is 0.600. The van der Waals surface area contributed by atoms with E-state index in [1.807, 2.05) is 6.26 Å². The molecular weight excluding hydrogens is 426 g/mol. The summed E-state index contributed by atoms with van der Waals surface area (Å²) in [5.41, 5.74) is 16.3. The van der Waals surface area contributed by atoms with Crippen molar-refractivity contribution in [2.75, 3.05) is 25.1 Å². The predicted molar refractivity (Wildman–Crippen MR) is 121 cm³/mol. The van der Waals surface area contributed by atoms with Crippen LogP contribution in [-0.4, -0.2) is 78.0 Å². The lowest BCUT2D eigenvalue weighted by atomic mass is 10.1. The van der Waals surface area contributed by atoms with Crippen molar-refractivity contribution in [1.29, 1.82) is 10.8 Å². The van der Waals surface area contributed by atoms with Crippen LogP contribution < -0.4 is 38.5 Å². The quantitative estimate of drug-likeness (QED) is 0.0665. The maximum absolute atomic E-state index is 12.7. The average Bonchev–Trinajstić information content (AvgIpc) is 2.69. The Hall–Kier alpha value is -2.74. The van der Waals surface area contributed by atoms with Crippen LogP contribution in [0.3, 0.4) is 0 Å². The van der Waals surface area contributed by atoms with Crippen molar-refractivity contribution in [1.82, 2.24) is 21.3 Å². The molecule has 3 atom stereocenters. The molecule has 0 rings (SSSR count). The van der Waals surface area contributed by atoms with Gasteiger partial charge in [0.25, 0.3) is 0 Å². The highest BCUT2D eigenvalue weighted by molar-refractivity contribution is 7.98. The molecule has 0 aromatic heterocycles. The molecule has 31 heavy (non-hydrogen) atoms. The summed E-state index contributed by atoms with van der Waals surface area (Å²) in [4.78, 5) is 36.6. The van der Waals surface area contributed by atoms with Gasteiger partial charge in [-0.15, -0.1) is 0 Å². The van der Waals surface area contributed by atoms with Gasteiger partial charge in [0.05, 0.1) is 6.04 Å². The van der Waals surface area contributed by atoms with Crippen LogP contribution in [0.5, 0.6) is 0 Å². The minimum atomic E-state index is -1.21. The fourth-order valence-electron chi connectivity index (χ4n) is 2.51. The topological polar surface area (TPSA) is 245 Å². The second kappa shape index (κ2) is 16.0. The Kier molecular flexibility index (Phi) is 14.6. The van der Waals surface area contributed by atoms with Gasteiger partial charge < -0.3 is 43.6 Å². The van der Waals surface area contributed by atoms with E-state index in [9.17, 15) is 19.5 Å². The van der Waals surface area contributed by atoms with E-state index in [1.165, 1.54) is 0 Å². The first kappa shape index (κ1) is 28.3. The SMILES string of the molecule is CSCC[C@H](N)C(=O)N[C@@H](CCCNC(=N)N)C(=O)N[C@@H](CCCNC(=N)N)C(=O)O. The first-order valence-corrected chi connectivity index (χ1v) is 11.2. The minimum Gasteiger partial charge on any atom is -0.480 e. The van der Waals surface area contributed by atoms with E-state index < -0.39 is 35.9 Å². The van der Waals surface area contributed by atoms with E-state index in [0.29, 0.717) is 31.6 Å². The van der Waals surface area contributed by atoms with Crippen LogP contribution in [0.1, 0.15) is 32.1 Å². The Morgan fingerprint density at radius 3 is 1.84 bits per heavy atom. The van der Waals surface area contributed by atoms with Crippen molar-refractivity contribution in [3.8, 4) is 0 Å². The van der Waals surface area contributed by atoms with Crippen LogP contribution in [0.4, 0.5) is 0 Å². The van der Waals surface area contributed by atoms with E-state index in [-0.39, 0.29) is 31.3 Å². The summed E-state index contributed by atoms with van der Waals surface area (Å²) < 4.78 is 0. The minimum absolute atomic E-state index is 0.112. The fourth-order valence-corrected chi connectivity index (χ4v) is 3.00. The van der Waals surface area contributed by atoms with E-state index >= 15 is 0 Å². The van der Waals surface area contributed by atoms with Crippen molar-refractivity contribution in [3.63, 3.8) is 0 Å². The molecule has 0 spiro atoms. The van der Waals surface area contributed by atoms with Crippen molar-refractivity contribution in [2.24, 2.45) is 17.2 Å². The van der Waals surface area contributed by atoms with E-state index in [2.05, 4.69) is 21.3 Å². The van der Waals surface area contributed by atoms with Crippen molar-refractivity contribution in [3.05, 3.63) is 0 Å². The summed E-state index contributed by atoms with van der Waals surface area (Å²) in [7, 11) is 0. The lowest BCUT2D eigenvalue weighted by Crippen LogP contribution is -2.54. The van der Waals surface area contributed by atoms with E-state index in [1.54, 1.807) is 11.8 Å². The van der Waals surface area contributed by atoms with Crippen molar-refractivity contribution >= 4 is 41.5 Å². The first-order valence-electron chi connectivity index (χ1n) is 9.82. The Balaban J connectivity index is 4.99. The van der Waals surface area contributed by atoms with Crippen molar-refractivity contribution in [2.45, 2.75) is 50.2 Å². The van der Waals surface area contributed by atoms with Gasteiger partial charge in [-0.05, 0) is 44.1 Å². The smallest absolute Gasteiger partial charge is 0.326 e. The highest BCUT2D eigenvalue weighted by Gasteiger charge is 2.27. The summed E-state index contributed by atoms with van der Waals surface area (Å²) in [6, 6.07) is -2.94. The molecule has 0 unspecified atom stereocenters. The molecule has 13 N–H and O–H groups in total. The van der Waals surface area contributed by atoms with Crippen LogP contribution in [0, 0.1) is 10.8 Å². The third-order valence-electron chi connectivity index (χ3n) is 4.19. The number of carboxylic acid groups (broad SMARTS) is 1. The van der Waals surface area contributed by atoms with Crippen LogP contribution in [-0.2, 0) is 14.4 Å². The van der Waals surface area contributed by atoms with Gasteiger partial charge in [0.1, 0.15) is 12.1 Å². The van der Waals surface area contributed by atoms with Gasteiger partial charge in [-0.3, -0.25) is 20.4 Å². The lowest BCUT2D eigenvalue weighted by Gasteiger charge is -2.23. The number of carboxylic acids is 1. The Morgan fingerprint density at radius 1 is 0.903 bits per heavy atom. The van der Waals surface area contributed by atoms with Gasteiger partial charge in [-0.2, -0.15) is 11.8 Å². The van der Waals surface area contributed by atoms with Crippen molar-refractivity contribution < 1.29 is 19.5 Å². The van der Waals surface area contributed by atoms with Crippen LogP contribution in [0.15, 0.2) is 0 Å². The number of nitrogens with two attached hydrogens (primary N) is 3. The van der Waals surface area contributed by atoms with Gasteiger partial charge in [0.2, 0.25) is 11.8 Å². The average molecular weight is 462 g/mol. The molecule has 0 aromatic rings. The van der Waals surface area contributed by atoms with E-state index in [4.69, 9.17) is 28.0 Å². The molecular formula is C17H35N9O4S. The number of nitrogens with one attached hydrogen (secondary N) is 6.